The molecule has 0 saturated carbocycles. The molecule has 1 aliphatic heterocycles. The highest BCUT2D eigenvalue weighted by atomic mass is 16.5. The fraction of sp³-hybridized carbons (Fsp3) is 0.643. The van der Waals surface area contributed by atoms with E-state index < -0.39 is 0 Å². The molecule has 0 spiro atoms. The van der Waals surface area contributed by atoms with Crippen LogP contribution in [0.25, 0.3) is 0 Å². The molecule has 2 N–H and O–H groups in total. The minimum absolute atomic E-state index is 0.476. The average Bonchev–Trinajstić information content (AvgIpc) is 2.46. The van der Waals surface area contributed by atoms with Crippen molar-refractivity contribution in [3.05, 3.63) is 12.1 Å². The molecular weight excluding hydrogens is 242 g/mol. The van der Waals surface area contributed by atoms with Crippen molar-refractivity contribution in [1.29, 1.82) is 0 Å². The number of pyridine rings is 1. The van der Waals surface area contributed by atoms with Crippen molar-refractivity contribution >= 4 is 11.5 Å². The first-order valence-corrected chi connectivity index (χ1v) is 6.92. The molecule has 5 nitrogen and oxygen atoms in total. The molecule has 1 aromatic heterocycles. The van der Waals surface area contributed by atoms with Crippen LogP contribution in [0.3, 0.4) is 0 Å². The summed E-state index contributed by atoms with van der Waals surface area (Å²) >= 11 is 0. The Hall–Kier alpha value is -1.49. The molecule has 106 valence electrons. The molecule has 0 radical (unpaired) electrons. The smallest absolute Gasteiger partial charge is 0.239 e. The number of rotatable bonds is 5. The summed E-state index contributed by atoms with van der Waals surface area (Å²) in [4.78, 5) is 6.72. The lowest BCUT2D eigenvalue weighted by molar-refractivity contribution is 0.0853. The minimum atomic E-state index is 0.476. The zero-order valence-corrected chi connectivity index (χ0v) is 11.8. The van der Waals surface area contributed by atoms with Gasteiger partial charge in [0.2, 0.25) is 5.88 Å². The lowest BCUT2D eigenvalue weighted by Crippen LogP contribution is -2.37. The molecule has 1 aliphatic rings. The number of hydrogen-bond donors (Lipinski definition) is 1. The molecule has 0 bridgehead atoms. The summed E-state index contributed by atoms with van der Waals surface area (Å²) in [5.41, 5.74) is 6.48. The van der Waals surface area contributed by atoms with Crippen molar-refractivity contribution in [3.63, 3.8) is 0 Å². The van der Waals surface area contributed by atoms with Crippen molar-refractivity contribution in [2.24, 2.45) is 0 Å². The summed E-state index contributed by atoms with van der Waals surface area (Å²) in [7, 11) is 2.07. The Morgan fingerprint density at radius 3 is 2.84 bits per heavy atom. The van der Waals surface area contributed by atoms with Crippen molar-refractivity contribution in [2.45, 2.75) is 32.2 Å². The molecule has 1 fully saturated rings. The summed E-state index contributed by atoms with van der Waals surface area (Å²) < 4.78 is 11.0. The van der Waals surface area contributed by atoms with Crippen LogP contribution in [0.1, 0.15) is 26.2 Å². The van der Waals surface area contributed by atoms with Crippen molar-refractivity contribution in [1.82, 2.24) is 4.98 Å². The highest BCUT2D eigenvalue weighted by Gasteiger charge is 2.20. The lowest BCUT2D eigenvalue weighted by atomic mass is 10.1. The number of aromatic nitrogens is 1. The summed E-state index contributed by atoms with van der Waals surface area (Å²) in [5.74, 6) is 1.45. The number of nitrogens with zero attached hydrogens (tertiary/aromatic N) is 2. The molecule has 0 aliphatic carbocycles. The number of ether oxygens (including phenoxy) is 2. The molecule has 2 heterocycles. The number of anilines is 2. The van der Waals surface area contributed by atoms with E-state index in [0.717, 1.165) is 38.3 Å². The van der Waals surface area contributed by atoms with Gasteiger partial charge in [-0.2, -0.15) is 4.98 Å². The first-order chi connectivity index (χ1) is 9.22. The van der Waals surface area contributed by atoms with Gasteiger partial charge in [0.1, 0.15) is 5.82 Å². The van der Waals surface area contributed by atoms with Crippen molar-refractivity contribution < 1.29 is 9.47 Å². The summed E-state index contributed by atoms with van der Waals surface area (Å²) in [5, 5.41) is 0. The van der Waals surface area contributed by atoms with Crippen LogP contribution in [0.15, 0.2) is 12.1 Å². The van der Waals surface area contributed by atoms with Crippen LogP contribution in [0.4, 0.5) is 11.5 Å². The van der Waals surface area contributed by atoms with Gasteiger partial charge in [0.05, 0.1) is 12.3 Å². The van der Waals surface area contributed by atoms with Crippen LogP contribution in [-0.4, -0.2) is 37.9 Å². The Labute approximate surface area is 114 Å². The highest BCUT2D eigenvalue weighted by Crippen LogP contribution is 2.25. The van der Waals surface area contributed by atoms with E-state index in [1.54, 1.807) is 0 Å². The predicted molar refractivity (Wildman–Crippen MR) is 76.7 cm³/mol. The SMILES string of the molecule is CCCOc1nc(N(C)C2CCOCC2)ccc1N. The van der Waals surface area contributed by atoms with Gasteiger partial charge < -0.3 is 20.1 Å². The van der Waals surface area contributed by atoms with E-state index in [1.165, 1.54) is 0 Å². The third-order valence-electron chi connectivity index (χ3n) is 3.42. The van der Waals surface area contributed by atoms with Gasteiger partial charge in [0.25, 0.3) is 0 Å². The van der Waals surface area contributed by atoms with Crippen LogP contribution in [0, 0.1) is 0 Å². The van der Waals surface area contributed by atoms with Gasteiger partial charge in [-0.3, -0.25) is 0 Å². The monoisotopic (exact) mass is 265 g/mol. The summed E-state index contributed by atoms with van der Waals surface area (Å²) in [6.45, 7) is 4.35. The lowest BCUT2D eigenvalue weighted by Gasteiger charge is -2.32. The molecule has 1 saturated heterocycles. The standard InChI is InChI=1S/C14H23N3O2/c1-3-8-19-14-12(15)4-5-13(16-14)17(2)11-6-9-18-10-7-11/h4-5,11H,3,6-10,15H2,1-2H3. The van der Waals surface area contributed by atoms with Crippen molar-refractivity contribution in [3.8, 4) is 5.88 Å². The molecule has 2 rings (SSSR count). The summed E-state index contributed by atoms with van der Waals surface area (Å²) in [6, 6.07) is 4.29. The molecule has 0 aromatic carbocycles. The number of nitrogen functional groups attached to an aromatic ring is 1. The fourth-order valence-corrected chi connectivity index (χ4v) is 2.21. The molecule has 1 aromatic rings. The topological polar surface area (TPSA) is 60.6 Å². The zero-order valence-electron chi connectivity index (χ0n) is 11.8. The van der Waals surface area contributed by atoms with E-state index in [1.807, 2.05) is 12.1 Å². The Morgan fingerprint density at radius 1 is 1.42 bits per heavy atom. The number of hydrogen-bond acceptors (Lipinski definition) is 5. The third-order valence-corrected chi connectivity index (χ3v) is 3.42. The third kappa shape index (κ3) is 3.50. The van der Waals surface area contributed by atoms with E-state index in [0.29, 0.717) is 24.2 Å². The minimum Gasteiger partial charge on any atom is -0.476 e. The highest BCUT2D eigenvalue weighted by molar-refractivity contribution is 5.54. The normalized spacial score (nSPS) is 16.3. The summed E-state index contributed by atoms with van der Waals surface area (Å²) in [6.07, 6.45) is 3.02. The van der Waals surface area contributed by atoms with Gasteiger partial charge in [-0.25, -0.2) is 0 Å². The number of nitrogens with two attached hydrogens (primary N) is 1. The van der Waals surface area contributed by atoms with Crippen molar-refractivity contribution in [2.75, 3.05) is 37.5 Å². The average molecular weight is 265 g/mol. The first kappa shape index (κ1) is 13.9. The Morgan fingerprint density at radius 2 is 2.16 bits per heavy atom. The second-order valence-electron chi connectivity index (χ2n) is 4.87. The van der Waals surface area contributed by atoms with Gasteiger partial charge in [-0.05, 0) is 31.4 Å². The van der Waals surface area contributed by atoms with Gasteiger partial charge in [-0.15, -0.1) is 0 Å². The molecule has 5 heteroatoms. The second kappa shape index (κ2) is 6.61. The molecule has 0 amide bonds. The molecule has 0 unspecified atom stereocenters. The maximum Gasteiger partial charge on any atom is 0.239 e. The Bertz CT molecular complexity index is 406. The largest absolute Gasteiger partial charge is 0.476 e. The predicted octanol–water partition coefficient (Wildman–Crippen LogP) is 2.07. The fourth-order valence-electron chi connectivity index (χ4n) is 2.21. The molecule has 0 atom stereocenters. The quantitative estimate of drug-likeness (QED) is 0.883. The maximum absolute atomic E-state index is 5.88. The van der Waals surface area contributed by atoms with Crippen LogP contribution >= 0.6 is 0 Å². The van der Waals surface area contributed by atoms with Crippen LogP contribution in [0.5, 0.6) is 5.88 Å². The van der Waals surface area contributed by atoms with E-state index in [4.69, 9.17) is 15.2 Å². The van der Waals surface area contributed by atoms with Gasteiger partial charge in [0, 0.05) is 26.3 Å². The van der Waals surface area contributed by atoms with E-state index in [9.17, 15) is 0 Å². The van der Waals surface area contributed by atoms with E-state index in [2.05, 4.69) is 23.9 Å². The zero-order chi connectivity index (χ0) is 13.7. The Kier molecular flexibility index (Phi) is 4.85. The van der Waals surface area contributed by atoms with Gasteiger partial charge in [-0.1, -0.05) is 6.92 Å². The van der Waals surface area contributed by atoms with E-state index in [-0.39, 0.29) is 0 Å². The maximum atomic E-state index is 5.88. The Balaban J connectivity index is 2.10. The van der Waals surface area contributed by atoms with Gasteiger partial charge >= 0.3 is 0 Å². The molecular formula is C14H23N3O2. The van der Waals surface area contributed by atoms with Crippen LogP contribution in [0.2, 0.25) is 0 Å². The first-order valence-electron chi connectivity index (χ1n) is 6.92. The van der Waals surface area contributed by atoms with Gasteiger partial charge in [0.15, 0.2) is 0 Å². The molecule has 19 heavy (non-hydrogen) atoms. The van der Waals surface area contributed by atoms with Crippen LogP contribution < -0.4 is 15.4 Å². The second-order valence-corrected chi connectivity index (χ2v) is 4.87. The van der Waals surface area contributed by atoms with E-state index >= 15 is 0 Å². The van der Waals surface area contributed by atoms with Crippen LogP contribution in [-0.2, 0) is 4.74 Å².